The number of imide groups is 1. The van der Waals surface area contributed by atoms with Gasteiger partial charge in [0.15, 0.2) is 0 Å². The zero-order valence-corrected chi connectivity index (χ0v) is 18.3. The maximum Gasteiger partial charge on any atom is 0.259 e. The SMILES string of the molecule is NCCCCn1c2ccccc2c2c3c(c4c5cccc6c5n(c4c21)CCC6)C(=O)NC3=O. The zero-order valence-electron chi connectivity index (χ0n) is 18.3. The number of nitrogens with zero attached hydrogens (tertiary/aromatic N) is 2. The number of rotatable bonds is 4. The number of carbonyl (C=O) groups excluding carboxylic acids is 2. The van der Waals surface area contributed by atoms with E-state index in [0.29, 0.717) is 17.7 Å². The van der Waals surface area contributed by atoms with Crippen molar-refractivity contribution >= 4 is 55.4 Å². The number of aryl methyl sites for hydroxylation is 3. The summed E-state index contributed by atoms with van der Waals surface area (Å²) in [5.41, 5.74) is 12.6. The van der Waals surface area contributed by atoms with Gasteiger partial charge in [-0.2, -0.15) is 0 Å². The van der Waals surface area contributed by atoms with E-state index in [9.17, 15) is 9.59 Å². The van der Waals surface area contributed by atoms with Crippen LogP contribution in [0.1, 0.15) is 45.5 Å². The van der Waals surface area contributed by atoms with Gasteiger partial charge < -0.3 is 14.9 Å². The lowest BCUT2D eigenvalue weighted by molar-refractivity contribution is 0.0880. The Labute approximate surface area is 189 Å². The van der Waals surface area contributed by atoms with Crippen molar-refractivity contribution in [2.75, 3.05) is 6.54 Å². The zero-order chi connectivity index (χ0) is 22.3. The Balaban J connectivity index is 1.79. The summed E-state index contributed by atoms with van der Waals surface area (Å²) < 4.78 is 4.76. The number of benzene rings is 3. The summed E-state index contributed by atoms with van der Waals surface area (Å²) in [5.74, 6) is -0.579. The van der Waals surface area contributed by atoms with Crippen molar-refractivity contribution in [3.8, 4) is 0 Å². The smallest absolute Gasteiger partial charge is 0.259 e. The molecular formula is C27H24N4O2. The van der Waals surface area contributed by atoms with E-state index >= 15 is 0 Å². The third-order valence-electron chi connectivity index (χ3n) is 7.46. The van der Waals surface area contributed by atoms with Crippen LogP contribution in [-0.4, -0.2) is 27.5 Å². The molecule has 7 rings (SSSR count). The normalized spacial score (nSPS) is 15.3. The van der Waals surface area contributed by atoms with E-state index in [0.717, 1.165) is 76.9 Å². The van der Waals surface area contributed by atoms with E-state index in [4.69, 9.17) is 5.73 Å². The molecule has 0 aliphatic carbocycles. The van der Waals surface area contributed by atoms with Crippen molar-refractivity contribution in [3.63, 3.8) is 0 Å². The van der Waals surface area contributed by atoms with Gasteiger partial charge in [0.25, 0.3) is 11.8 Å². The predicted octanol–water partition coefficient (Wildman–Crippen LogP) is 4.47. The van der Waals surface area contributed by atoms with Crippen LogP contribution < -0.4 is 11.1 Å². The number of fused-ring (bicyclic) bond motifs is 10. The van der Waals surface area contributed by atoms with Crippen LogP contribution in [0.2, 0.25) is 0 Å². The van der Waals surface area contributed by atoms with Gasteiger partial charge in [0.1, 0.15) is 0 Å². The van der Waals surface area contributed by atoms with Crippen LogP contribution in [0.4, 0.5) is 0 Å². The fourth-order valence-electron chi connectivity index (χ4n) is 6.22. The fourth-order valence-corrected chi connectivity index (χ4v) is 6.22. The molecule has 2 amide bonds. The molecule has 6 nitrogen and oxygen atoms in total. The first-order chi connectivity index (χ1) is 16.2. The van der Waals surface area contributed by atoms with Gasteiger partial charge in [-0.1, -0.05) is 36.4 Å². The number of para-hydroxylation sites is 2. The van der Waals surface area contributed by atoms with Crippen LogP contribution in [0.25, 0.3) is 43.6 Å². The van der Waals surface area contributed by atoms with Crippen LogP contribution >= 0.6 is 0 Å². The molecule has 0 saturated heterocycles. The molecule has 3 N–H and O–H groups in total. The van der Waals surface area contributed by atoms with Crippen molar-refractivity contribution in [1.82, 2.24) is 14.5 Å². The van der Waals surface area contributed by atoms with E-state index in [1.807, 2.05) is 12.1 Å². The lowest BCUT2D eigenvalue weighted by Crippen LogP contribution is -2.20. The summed E-state index contributed by atoms with van der Waals surface area (Å²) in [6, 6.07) is 14.6. The van der Waals surface area contributed by atoms with Gasteiger partial charge in [-0.3, -0.25) is 14.9 Å². The third-order valence-corrected chi connectivity index (χ3v) is 7.46. The van der Waals surface area contributed by atoms with E-state index in [2.05, 4.69) is 44.8 Å². The monoisotopic (exact) mass is 436 g/mol. The third kappa shape index (κ3) is 2.31. The second kappa shape index (κ2) is 6.68. The lowest BCUT2D eigenvalue weighted by atomic mass is 9.96. The molecule has 33 heavy (non-hydrogen) atoms. The Hall–Kier alpha value is -3.64. The predicted molar refractivity (Wildman–Crippen MR) is 131 cm³/mol. The van der Waals surface area contributed by atoms with Crippen molar-refractivity contribution in [2.45, 2.75) is 38.8 Å². The molecule has 5 aromatic rings. The number of nitrogens with one attached hydrogen (secondary N) is 1. The minimum Gasteiger partial charge on any atom is -0.339 e. The number of carbonyl (C=O) groups is 2. The highest BCUT2D eigenvalue weighted by molar-refractivity contribution is 6.39. The van der Waals surface area contributed by atoms with Crippen molar-refractivity contribution in [1.29, 1.82) is 0 Å². The van der Waals surface area contributed by atoms with E-state index in [1.54, 1.807) is 0 Å². The van der Waals surface area contributed by atoms with Crippen LogP contribution in [0.3, 0.4) is 0 Å². The van der Waals surface area contributed by atoms with Crippen molar-refractivity contribution in [3.05, 3.63) is 59.2 Å². The Bertz CT molecular complexity index is 1670. The van der Waals surface area contributed by atoms with E-state index in [-0.39, 0.29) is 11.8 Å². The van der Waals surface area contributed by atoms with Gasteiger partial charge in [-0.15, -0.1) is 0 Å². The molecule has 0 saturated carbocycles. The molecule has 0 radical (unpaired) electrons. The van der Waals surface area contributed by atoms with Crippen LogP contribution in [-0.2, 0) is 19.5 Å². The average molecular weight is 437 g/mol. The van der Waals surface area contributed by atoms with Crippen molar-refractivity contribution in [2.24, 2.45) is 5.73 Å². The van der Waals surface area contributed by atoms with Crippen LogP contribution in [0.15, 0.2) is 42.5 Å². The number of hydrogen-bond acceptors (Lipinski definition) is 3. The summed E-state index contributed by atoms with van der Waals surface area (Å²) >= 11 is 0. The van der Waals surface area contributed by atoms with Gasteiger partial charge >= 0.3 is 0 Å². The number of hydrogen-bond donors (Lipinski definition) is 2. The second-order valence-corrected chi connectivity index (χ2v) is 9.21. The Morgan fingerprint density at radius 3 is 2.42 bits per heavy atom. The van der Waals surface area contributed by atoms with Crippen LogP contribution in [0, 0.1) is 0 Å². The highest BCUT2D eigenvalue weighted by atomic mass is 16.2. The molecule has 2 aliphatic heterocycles. The first kappa shape index (κ1) is 18.9. The topological polar surface area (TPSA) is 82.0 Å². The average Bonchev–Trinajstić information content (AvgIpc) is 3.44. The molecule has 3 aromatic carbocycles. The summed E-state index contributed by atoms with van der Waals surface area (Å²) in [6.45, 7) is 2.38. The van der Waals surface area contributed by atoms with Gasteiger partial charge in [0.05, 0.1) is 27.7 Å². The highest BCUT2D eigenvalue weighted by Crippen LogP contribution is 2.46. The first-order valence-corrected chi connectivity index (χ1v) is 11.8. The quantitative estimate of drug-likeness (QED) is 0.322. The standard InChI is InChI=1S/C27H24N4O2/c28-12-3-4-13-30-18-11-2-1-9-16(18)19-21-22(27(33)29-26(21)32)20-17-10-5-7-15-8-6-14-31(23(15)17)25(20)24(19)30/h1-2,5,7,9-11H,3-4,6,8,12-14,28H2,(H,29,32,33). The maximum atomic E-state index is 13.2. The molecule has 0 fully saturated rings. The molecule has 0 spiro atoms. The lowest BCUT2D eigenvalue weighted by Gasteiger charge is -2.17. The summed E-state index contributed by atoms with van der Waals surface area (Å²) in [4.78, 5) is 26.3. The van der Waals surface area contributed by atoms with Gasteiger partial charge in [0, 0.05) is 40.2 Å². The molecule has 2 aliphatic rings. The summed E-state index contributed by atoms with van der Waals surface area (Å²) in [7, 11) is 0. The minimum atomic E-state index is -0.293. The highest BCUT2D eigenvalue weighted by Gasteiger charge is 2.37. The molecule has 164 valence electrons. The molecular weight excluding hydrogens is 412 g/mol. The molecule has 4 heterocycles. The largest absolute Gasteiger partial charge is 0.339 e. The first-order valence-electron chi connectivity index (χ1n) is 11.8. The molecule has 0 atom stereocenters. The van der Waals surface area contributed by atoms with E-state index in [1.165, 1.54) is 11.1 Å². The fraction of sp³-hybridized carbons (Fsp3) is 0.259. The number of nitrogens with two attached hydrogens (primary N) is 1. The number of aromatic nitrogens is 2. The number of unbranched alkanes of at least 4 members (excludes halogenated alkanes) is 1. The van der Waals surface area contributed by atoms with Gasteiger partial charge in [0.2, 0.25) is 0 Å². The Morgan fingerprint density at radius 2 is 1.61 bits per heavy atom. The summed E-state index contributed by atoms with van der Waals surface area (Å²) in [5, 5.41) is 6.52. The second-order valence-electron chi connectivity index (χ2n) is 9.21. The van der Waals surface area contributed by atoms with Gasteiger partial charge in [-0.05, 0) is 43.9 Å². The number of amides is 2. The molecule has 0 unspecified atom stereocenters. The minimum absolute atomic E-state index is 0.287. The Morgan fingerprint density at radius 1 is 0.848 bits per heavy atom. The van der Waals surface area contributed by atoms with Crippen molar-refractivity contribution < 1.29 is 9.59 Å². The van der Waals surface area contributed by atoms with E-state index < -0.39 is 0 Å². The maximum absolute atomic E-state index is 13.2. The Kier molecular flexibility index (Phi) is 3.82. The molecule has 2 aromatic heterocycles. The van der Waals surface area contributed by atoms with Gasteiger partial charge in [-0.25, -0.2) is 0 Å². The molecule has 0 bridgehead atoms. The summed E-state index contributed by atoms with van der Waals surface area (Å²) in [6.07, 6.45) is 3.99. The molecule has 6 heteroatoms. The van der Waals surface area contributed by atoms with Crippen LogP contribution in [0.5, 0.6) is 0 Å².